The fourth-order valence-electron chi connectivity index (χ4n) is 0.103. The van der Waals surface area contributed by atoms with Gasteiger partial charge in [0.1, 0.15) is 5.84 Å². The van der Waals surface area contributed by atoms with Gasteiger partial charge in [0.15, 0.2) is 0 Å². The summed E-state index contributed by atoms with van der Waals surface area (Å²) in [7, 11) is -4.67. The number of hydrogen-bond donors (Lipinski definition) is 4. The van der Waals surface area contributed by atoms with Gasteiger partial charge in [-0.15, -0.1) is 24.0 Å². The van der Waals surface area contributed by atoms with Gasteiger partial charge in [-0.25, -0.2) is 0 Å². The van der Waals surface area contributed by atoms with Gasteiger partial charge in [0.2, 0.25) is 0 Å². The van der Waals surface area contributed by atoms with Crippen molar-refractivity contribution in [2.45, 2.75) is 12.3 Å². The van der Waals surface area contributed by atoms with Gasteiger partial charge in [-0.1, -0.05) is 0 Å². The van der Waals surface area contributed by atoms with Crippen molar-refractivity contribution >= 4 is 40.2 Å². The summed E-state index contributed by atoms with van der Waals surface area (Å²) in [5.41, 5.74) is 5.11. The summed E-state index contributed by atoms with van der Waals surface area (Å²) < 4.78 is 31.6. The lowest BCUT2D eigenvalue weighted by Crippen LogP contribution is -2.22. The topological polar surface area (TPSA) is 139 Å². The van der Waals surface area contributed by atoms with Crippen LogP contribution in [0.3, 0.4) is 0 Å². The summed E-state index contributed by atoms with van der Waals surface area (Å²) in [6.07, 6.45) is 0. The molecule has 0 aliphatic carbocycles. The fraction of sp³-hybridized carbons (Fsp3) is 0.667. The Balaban J connectivity index is -0.000000150. The molecule has 0 aliphatic heterocycles. The predicted molar refractivity (Wildman–Crippen MR) is 52.6 cm³/mol. The lowest BCUT2D eigenvalue weighted by molar-refractivity contribution is 0.381. The van der Waals surface area contributed by atoms with Crippen LogP contribution in [0.25, 0.3) is 0 Å². The van der Waals surface area contributed by atoms with Gasteiger partial charge >= 0.3 is 10.4 Å². The zero-order chi connectivity index (χ0) is 10.4. The lowest BCUT2D eigenvalue weighted by atomic mass is 10.4. The molecule has 1 unspecified atom stereocenters. The van der Waals surface area contributed by atoms with Crippen LogP contribution in [0.5, 0.6) is 0 Å². The average molecular weight is 256 g/mol. The van der Waals surface area contributed by atoms with Gasteiger partial charge in [0.05, 0.1) is 5.38 Å². The first kappa shape index (κ1) is 18.5. The van der Waals surface area contributed by atoms with E-state index in [0.29, 0.717) is 0 Å². The van der Waals surface area contributed by atoms with Crippen molar-refractivity contribution in [3.05, 3.63) is 0 Å². The summed E-state index contributed by atoms with van der Waals surface area (Å²) in [6, 6.07) is 0. The van der Waals surface area contributed by atoms with E-state index in [9.17, 15) is 0 Å². The Morgan fingerprint density at radius 2 is 1.77 bits per heavy atom. The molecule has 0 bridgehead atoms. The summed E-state index contributed by atoms with van der Waals surface area (Å²) in [6.45, 7) is 1.70. The maximum absolute atomic E-state index is 8.74. The van der Waals surface area contributed by atoms with Crippen LogP contribution in [-0.2, 0) is 10.4 Å². The van der Waals surface area contributed by atoms with E-state index < -0.39 is 10.4 Å². The Hall–Kier alpha value is -0.280. The molecule has 0 fully saturated rings. The summed E-state index contributed by atoms with van der Waals surface area (Å²) in [5.74, 6) is 5.02. The molecule has 0 amide bonds. The molecular weight excluding hydrogens is 245 g/mol. The maximum Gasteiger partial charge on any atom is 0.394 e. The number of hydrazone groups is 1. The molecule has 0 aliphatic rings. The first-order chi connectivity index (χ1) is 5.18. The number of rotatable bonds is 1. The van der Waals surface area contributed by atoms with Crippen LogP contribution < -0.4 is 11.6 Å². The summed E-state index contributed by atoms with van der Waals surface area (Å²) >= 11 is 5.39. The number of amidine groups is 1. The van der Waals surface area contributed by atoms with E-state index >= 15 is 0 Å². The van der Waals surface area contributed by atoms with Gasteiger partial charge in [0.25, 0.3) is 0 Å². The minimum absolute atomic E-state index is 0. The predicted octanol–water partition coefficient (Wildman–Crippen LogP) is -0.386. The Labute approximate surface area is 87.1 Å². The highest BCUT2D eigenvalue weighted by Gasteiger charge is 1.97. The third kappa shape index (κ3) is 33.8. The zero-order valence-corrected chi connectivity index (χ0v) is 8.97. The van der Waals surface area contributed by atoms with E-state index in [1.54, 1.807) is 6.92 Å². The number of nitrogens with two attached hydrogens (primary N) is 2. The van der Waals surface area contributed by atoms with Gasteiger partial charge < -0.3 is 11.6 Å². The van der Waals surface area contributed by atoms with E-state index in [4.69, 9.17) is 40.7 Å². The van der Waals surface area contributed by atoms with E-state index in [2.05, 4.69) is 5.10 Å². The molecule has 0 spiro atoms. The summed E-state index contributed by atoms with van der Waals surface area (Å²) in [4.78, 5) is 0. The van der Waals surface area contributed by atoms with Gasteiger partial charge in [0, 0.05) is 0 Å². The Morgan fingerprint density at radius 3 is 1.77 bits per heavy atom. The Bertz CT molecular complexity index is 231. The molecule has 1 atom stereocenters. The van der Waals surface area contributed by atoms with Gasteiger partial charge in [-0.05, 0) is 6.92 Å². The second-order valence-electron chi connectivity index (χ2n) is 1.62. The highest BCUT2D eigenvalue weighted by atomic mass is 35.5. The molecule has 0 aromatic rings. The van der Waals surface area contributed by atoms with Crippen molar-refractivity contribution in [2.24, 2.45) is 16.7 Å². The zero-order valence-electron chi connectivity index (χ0n) is 6.58. The van der Waals surface area contributed by atoms with Gasteiger partial charge in [-0.2, -0.15) is 13.5 Å². The maximum atomic E-state index is 8.74. The van der Waals surface area contributed by atoms with Crippen LogP contribution in [0.1, 0.15) is 6.92 Å². The minimum atomic E-state index is -4.67. The number of halogens is 2. The molecule has 0 saturated heterocycles. The van der Waals surface area contributed by atoms with E-state index in [0.717, 1.165) is 0 Å². The van der Waals surface area contributed by atoms with E-state index in [-0.39, 0.29) is 23.6 Å². The molecule has 0 saturated carbocycles. The smallest absolute Gasteiger partial charge is 0.384 e. The third-order valence-corrected chi connectivity index (χ3v) is 0.780. The average Bonchev–Trinajstić information content (AvgIpc) is 1.82. The molecule has 13 heavy (non-hydrogen) atoms. The highest BCUT2D eigenvalue weighted by molar-refractivity contribution is 7.79. The van der Waals surface area contributed by atoms with Crippen molar-refractivity contribution in [3.8, 4) is 0 Å². The number of nitrogens with zero attached hydrogens (tertiary/aromatic N) is 1. The molecule has 0 aromatic heterocycles. The van der Waals surface area contributed by atoms with E-state index in [1.165, 1.54) is 0 Å². The van der Waals surface area contributed by atoms with E-state index in [1.807, 2.05) is 0 Å². The molecule has 10 heteroatoms. The Kier molecular flexibility index (Phi) is 11.8. The first-order valence-corrected chi connectivity index (χ1v) is 4.39. The molecule has 0 radical (unpaired) electrons. The van der Waals surface area contributed by atoms with Crippen molar-refractivity contribution in [1.82, 2.24) is 0 Å². The third-order valence-electron chi connectivity index (χ3n) is 0.557. The molecule has 0 rings (SSSR count). The SMILES string of the molecule is CC(Cl)C(N)=NN.Cl.O=S(=O)(O)O. The number of alkyl halides is 1. The van der Waals surface area contributed by atoms with Crippen LogP contribution in [-0.4, -0.2) is 28.7 Å². The van der Waals surface area contributed by atoms with Crippen LogP contribution in [0.4, 0.5) is 0 Å². The summed E-state index contributed by atoms with van der Waals surface area (Å²) in [5, 5.41) is 2.89. The first-order valence-electron chi connectivity index (χ1n) is 2.55. The highest BCUT2D eigenvalue weighted by Crippen LogP contribution is 1.89. The van der Waals surface area contributed by atoms with Crippen molar-refractivity contribution in [2.75, 3.05) is 0 Å². The molecular formula is C3H11Cl2N3O4S. The fourth-order valence-corrected chi connectivity index (χ4v) is 0.159. The van der Waals surface area contributed by atoms with Crippen molar-refractivity contribution in [1.29, 1.82) is 0 Å². The molecule has 0 aromatic carbocycles. The second kappa shape index (κ2) is 8.32. The second-order valence-corrected chi connectivity index (χ2v) is 3.17. The standard InChI is InChI=1S/C3H8ClN3.ClH.H2O4S/c1-2(4)3(5)7-6;;1-5(2,3)4/h2H,6H2,1H3,(H2,5,7);1H;(H2,1,2,3,4). The van der Waals surface area contributed by atoms with Gasteiger partial charge in [-0.3, -0.25) is 9.11 Å². The van der Waals surface area contributed by atoms with Crippen LogP contribution in [0, 0.1) is 0 Å². The molecule has 0 heterocycles. The van der Waals surface area contributed by atoms with Crippen molar-refractivity contribution in [3.63, 3.8) is 0 Å². The lowest BCUT2D eigenvalue weighted by Gasteiger charge is -1.95. The Morgan fingerprint density at radius 1 is 1.54 bits per heavy atom. The van der Waals surface area contributed by atoms with Crippen LogP contribution in [0.2, 0.25) is 0 Å². The number of hydrogen-bond acceptors (Lipinski definition) is 4. The quantitative estimate of drug-likeness (QED) is 0.126. The molecule has 82 valence electrons. The van der Waals surface area contributed by atoms with Crippen LogP contribution >= 0.6 is 24.0 Å². The molecule has 7 nitrogen and oxygen atoms in total. The minimum Gasteiger partial charge on any atom is -0.384 e. The monoisotopic (exact) mass is 255 g/mol. The largest absolute Gasteiger partial charge is 0.394 e. The van der Waals surface area contributed by atoms with Crippen molar-refractivity contribution < 1.29 is 17.5 Å². The molecule has 6 N–H and O–H groups in total. The normalized spacial score (nSPS) is 13.4. The van der Waals surface area contributed by atoms with Crippen LogP contribution in [0.15, 0.2) is 5.10 Å².